The predicted molar refractivity (Wildman–Crippen MR) is 90.6 cm³/mol. The second kappa shape index (κ2) is 7.42. The monoisotopic (exact) mass is 323 g/mol. The fraction of sp³-hybridized carbons (Fsp3) is 0.750. The van der Waals surface area contributed by atoms with E-state index in [9.17, 15) is 4.79 Å². The van der Waals surface area contributed by atoms with Gasteiger partial charge in [-0.15, -0.1) is 0 Å². The molecule has 0 aromatic carbocycles. The third-order valence-electron chi connectivity index (χ3n) is 4.42. The number of aromatic nitrogens is 2. The highest BCUT2D eigenvalue weighted by molar-refractivity contribution is 5.95. The molecule has 0 bridgehead atoms. The Morgan fingerprint density at radius 3 is 2.74 bits per heavy atom. The van der Waals surface area contributed by atoms with Crippen molar-refractivity contribution in [3.63, 3.8) is 0 Å². The first kappa shape index (κ1) is 17.9. The highest BCUT2D eigenvalue weighted by Crippen LogP contribution is 2.19. The number of amides is 1. The van der Waals surface area contributed by atoms with Crippen molar-refractivity contribution < 1.29 is 9.53 Å². The Labute approximate surface area is 138 Å². The molecule has 2 atom stereocenters. The van der Waals surface area contributed by atoms with Crippen molar-refractivity contribution in [2.24, 2.45) is 7.05 Å². The largest absolute Gasteiger partial charge is 0.374 e. The summed E-state index contributed by atoms with van der Waals surface area (Å²) in [5, 5.41) is 7.38. The summed E-state index contributed by atoms with van der Waals surface area (Å²) in [6.45, 7) is 8.92. The van der Waals surface area contributed by atoms with Crippen LogP contribution in [-0.2, 0) is 16.6 Å². The van der Waals surface area contributed by atoms with Crippen molar-refractivity contribution in [3.05, 3.63) is 11.4 Å². The van der Waals surface area contributed by atoms with Gasteiger partial charge in [0.2, 0.25) is 5.91 Å². The summed E-state index contributed by atoms with van der Waals surface area (Å²) in [5.41, 5.74) is 2.64. The second-order valence-corrected chi connectivity index (χ2v) is 6.58. The molecule has 2 heterocycles. The van der Waals surface area contributed by atoms with Gasteiger partial charge in [0.05, 0.1) is 35.8 Å². The summed E-state index contributed by atoms with van der Waals surface area (Å²) in [7, 11) is 5.95. The Hall–Kier alpha value is -1.44. The number of nitrogens with one attached hydrogen (secondary N) is 1. The number of anilines is 1. The maximum Gasteiger partial charge on any atom is 0.241 e. The molecule has 1 saturated heterocycles. The Balaban J connectivity index is 1.99. The summed E-state index contributed by atoms with van der Waals surface area (Å²) in [5.74, 6) is 0.00898. The number of hydrogen-bond donors (Lipinski definition) is 1. The Morgan fingerprint density at radius 1 is 1.48 bits per heavy atom. The SMILES string of the molecule is Cc1nn(C)c(C)c1NC(=O)[C@H](C)N1CCO[C@@H](CN(C)C)C1. The predicted octanol–water partition coefficient (Wildman–Crippen LogP) is 0.626. The van der Waals surface area contributed by atoms with Gasteiger partial charge in [-0.1, -0.05) is 0 Å². The van der Waals surface area contributed by atoms with Crippen LogP contribution >= 0.6 is 0 Å². The number of morpholine rings is 1. The fourth-order valence-corrected chi connectivity index (χ4v) is 2.96. The van der Waals surface area contributed by atoms with Gasteiger partial charge in [-0.3, -0.25) is 14.4 Å². The summed E-state index contributed by atoms with van der Waals surface area (Å²) in [6.07, 6.45) is 0.149. The maximum absolute atomic E-state index is 12.6. The van der Waals surface area contributed by atoms with Crippen LogP contribution in [0.25, 0.3) is 0 Å². The molecule has 1 aliphatic rings. The van der Waals surface area contributed by atoms with Crippen molar-refractivity contribution >= 4 is 11.6 Å². The molecule has 0 radical (unpaired) electrons. The van der Waals surface area contributed by atoms with Crippen LogP contribution in [0.1, 0.15) is 18.3 Å². The topological polar surface area (TPSA) is 62.6 Å². The fourth-order valence-electron chi connectivity index (χ4n) is 2.96. The molecule has 1 aliphatic heterocycles. The van der Waals surface area contributed by atoms with E-state index in [1.165, 1.54) is 0 Å². The minimum absolute atomic E-state index is 0.00898. The third kappa shape index (κ3) is 4.31. The van der Waals surface area contributed by atoms with Gasteiger partial charge in [-0.25, -0.2) is 0 Å². The summed E-state index contributed by atoms with van der Waals surface area (Å²) < 4.78 is 7.57. The Bertz CT molecular complexity index is 555. The summed E-state index contributed by atoms with van der Waals surface area (Å²) in [4.78, 5) is 16.9. The van der Waals surface area contributed by atoms with Crippen LogP contribution in [0.2, 0.25) is 0 Å². The normalized spacial score (nSPS) is 20.7. The van der Waals surface area contributed by atoms with Crippen LogP contribution in [-0.4, -0.2) is 78.0 Å². The molecule has 7 nitrogen and oxygen atoms in total. The minimum atomic E-state index is -0.192. The molecule has 1 N–H and O–H groups in total. The van der Waals surface area contributed by atoms with Gasteiger partial charge >= 0.3 is 0 Å². The second-order valence-electron chi connectivity index (χ2n) is 6.58. The first-order chi connectivity index (χ1) is 10.8. The van der Waals surface area contributed by atoms with Gasteiger partial charge in [-0.05, 0) is 34.9 Å². The van der Waals surface area contributed by atoms with Crippen LogP contribution in [0.15, 0.2) is 0 Å². The van der Waals surface area contributed by atoms with Crippen molar-refractivity contribution in [1.29, 1.82) is 0 Å². The van der Waals surface area contributed by atoms with Gasteiger partial charge < -0.3 is 15.0 Å². The number of likely N-dealkylation sites (N-methyl/N-ethyl adjacent to an activating group) is 1. The van der Waals surface area contributed by atoms with E-state index in [4.69, 9.17) is 4.74 Å². The molecule has 1 aromatic rings. The standard InChI is InChI=1S/C16H29N5O2/c1-11-15(12(2)20(6)18-11)17-16(22)13(3)21-7-8-23-14(10-21)9-19(4)5/h13-14H,7-10H2,1-6H3,(H,17,22)/t13-,14-/m0/s1. The average Bonchev–Trinajstić information content (AvgIpc) is 2.72. The van der Waals surface area contributed by atoms with E-state index in [2.05, 4.69) is 20.2 Å². The number of carbonyl (C=O) groups excluding carboxylic acids is 1. The Morgan fingerprint density at radius 2 is 2.17 bits per heavy atom. The molecule has 0 spiro atoms. The van der Waals surface area contributed by atoms with Gasteiger partial charge in [0.15, 0.2) is 0 Å². The smallest absolute Gasteiger partial charge is 0.241 e. The zero-order valence-corrected chi connectivity index (χ0v) is 15.1. The van der Waals surface area contributed by atoms with Crippen molar-refractivity contribution in [2.45, 2.75) is 32.9 Å². The van der Waals surface area contributed by atoms with Crippen LogP contribution in [0.3, 0.4) is 0 Å². The third-order valence-corrected chi connectivity index (χ3v) is 4.42. The number of ether oxygens (including phenoxy) is 1. The summed E-state index contributed by atoms with van der Waals surface area (Å²) >= 11 is 0. The highest BCUT2D eigenvalue weighted by atomic mass is 16.5. The van der Waals surface area contributed by atoms with Gasteiger partial charge in [0.25, 0.3) is 0 Å². The van der Waals surface area contributed by atoms with Crippen molar-refractivity contribution in [1.82, 2.24) is 19.6 Å². The van der Waals surface area contributed by atoms with E-state index < -0.39 is 0 Å². The number of aryl methyl sites for hydroxylation is 2. The van der Waals surface area contributed by atoms with Gasteiger partial charge in [0.1, 0.15) is 0 Å². The molecule has 0 aliphatic carbocycles. The number of carbonyl (C=O) groups is 1. The first-order valence-corrected chi connectivity index (χ1v) is 8.11. The van der Waals surface area contributed by atoms with Crippen LogP contribution in [0, 0.1) is 13.8 Å². The van der Waals surface area contributed by atoms with Crippen LogP contribution < -0.4 is 5.32 Å². The van der Waals surface area contributed by atoms with E-state index in [0.717, 1.165) is 36.7 Å². The van der Waals surface area contributed by atoms with Crippen LogP contribution in [0.4, 0.5) is 5.69 Å². The van der Waals surface area contributed by atoms with E-state index in [-0.39, 0.29) is 18.1 Å². The molecule has 0 saturated carbocycles. The lowest BCUT2D eigenvalue weighted by molar-refractivity contribution is -0.124. The zero-order valence-electron chi connectivity index (χ0n) is 15.1. The highest BCUT2D eigenvalue weighted by Gasteiger charge is 2.28. The number of nitrogens with zero attached hydrogens (tertiary/aromatic N) is 4. The van der Waals surface area contributed by atoms with Crippen molar-refractivity contribution in [3.8, 4) is 0 Å². The molecular formula is C16H29N5O2. The lowest BCUT2D eigenvalue weighted by Crippen LogP contribution is -2.52. The molecule has 1 amide bonds. The summed E-state index contributed by atoms with van der Waals surface area (Å²) in [6, 6.07) is -0.192. The molecule has 7 heteroatoms. The van der Waals surface area contributed by atoms with Gasteiger partial charge in [0, 0.05) is 26.7 Å². The maximum atomic E-state index is 12.6. The Kier molecular flexibility index (Phi) is 5.78. The molecule has 1 aromatic heterocycles. The quantitative estimate of drug-likeness (QED) is 0.861. The molecule has 1 fully saturated rings. The number of rotatable bonds is 5. The van der Waals surface area contributed by atoms with Crippen LogP contribution in [0.5, 0.6) is 0 Å². The van der Waals surface area contributed by atoms with E-state index >= 15 is 0 Å². The zero-order chi connectivity index (χ0) is 17.1. The minimum Gasteiger partial charge on any atom is -0.374 e. The number of hydrogen-bond acceptors (Lipinski definition) is 5. The first-order valence-electron chi connectivity index (χ1n) is 8.11. The van der Waals surface area contributed by atoms with E-state index in [1.807, 2.05) is 41.9 Å². The molecule has 2 rings (SSSR count). The molecule has 0 unspecified atom stereocenters. The molecule has 130 valence electrons. The van der Waals surface area contributed by atoms with E-state index in [0.29, 0.717) is 6.61 Å². The van der Waals surface area contributed by atoms with E-state index in [1.54, 1.807) is 4.68 Å². The van der Waals surface area contributed by atoms with Gasteiger partial charge in [-0.2, -0.15) is 5.10 Å². The van der Waals surface area contributed by atoms with Crippen molar-refractivity contribution in [2.75, 3.05) is 45.7 Å². The molecule has 23 heavy (non-hydrogen) atoms. The average molecular weight is 323 g/mol. The lowest BCUT2D eigenvalue weighted by atomic mass is 10.2. The lowest BCUT2D eigenvalue weighted by Gasteiger charge is -2.37. The molecular weight excluding hydrogens is 294 g/mol.